The zero-order valence-corrected chi connectivity index (χ0v) is 18.3. The SMILES string of the molecule is CCOc1cc(/C=C(/C#N)c2ccc(C#N)cc2)ccc1OCc1cccc2ccccc12. The molecule has 0 bridgehead atoms. The van der Waals surface area contributed by atoms with Crippen LogP contribution in [-0.2, 0) is 6.61 Å². The number of allylic oxidation sites excluding steroid dienone is 1. The zero-order valence-electron chi connectivity index (χ0n) is 18.3. The summed E-state index contributed by atoms with van der Waals surface area (Å²) in [6.07, 6.45) is 1.80. The quantitative estimate of drug-likeness (QED) is 0.240. The first kappa shape index (κ1) is 21.7. The molecule has 4 heteroatoms. The zero-order chi connectivity index (χ0) is 23.0. The first-order valence-corrected chi connectivity index (χ1v) is 10.7. The van der Waals surface area contributed by atoms with E-state index in [0.29, 0.717) is 35.8 Å². The number of hydrogen-bond donors (Lipinski definition) is 0. The van der Waals surface area contributed by atoms with E-state index in [2.05, 4.69) is 36.4 Å². The normalized spacial score (nSPS) is 10.9. The highest BCUT2D eigenvalue weighted by atomic mass is 16.5. The molecule has 0 aliphatic carbocycles. The maximum atomic E-state index is 9.65. The molecule has 0 radical (unpaired) electrons. The van der Waals surface area contributed by atoms with Crippen molar-refractivity contribution in [2.45, 2.75) is 13.5 Å². The number of nitriles is 2. The Morgan fingerprint density at radius 2 is 1.64 bits per heavy atom. The third kappa shape index (κ3) is 5.03. The van der Waals surface area contributed by atoms with Gasteiger partial charge in [-0.05, 0) is 64.7 Å². The minimum absolute atomic E-state index is 0.422. The lowest BCUT2D eigenvalue weighted by atomic mass is 10.0. The van der Waals surface area contributed by atoms with Gasteiger partial charge in [0, 0.05) is 0 Å². The Hall–Kier alpha value is -4.54. The van der Waals surface area contributed by atoms with Crippen LogP contribution < -0.4 is 9.47 Å². The van der Waals surface area contributed by atoms with Gasteiger partial charge in [0.2, 0.25) is 0 Å². The lowest BCUT2D eigenvalue weighted by Gasteiger charge is -2.14. The van der Waals surface area contributed by atoms with Gasteiger partial charge in [-0.25, -0.2) is 0 Å². The third-order valence-electron chi connectivity index (χ3n) is 5.29. The van der Waals surface area contributed by atoms with E-state index in [4.69, 9.17) is 14.7 Å². The van der Waals surface area contributed by atoms with Crippen LogP contribution in [0.5, 0.6) is 11.5 Å². The summed E-state index contributed by atoms with van der Waals surface area (Å²) >= 11 is 0. The molecule has 0 heterocycles. The standard InChI is InChI=1S/C29H22N2O2/c1-2-32-29-17-22(16-26(19-31)23-13-10-21(18-30)11-14-23)12-15-28(29)33-20-25-8-5-7-24-6-3-4-9-27(24)25/h3-17H,2,20H2,1H3/b26-16-. The smallest absolute Gasteiger partial charge is 0.161 e. The molecule has 0 aromatic heterocycles. The maximum Gasteiger partial charge on any atom is 0.161 e. The van der Waals surface area contributed by atoms with Crippen LogP contribution in [0, 0.1) is 22.7 Å². The third-order valence-corrected chi connectivity index (χ3v) is 5.29. The molecule has 4 nitrogen and oxygen atoms in total. The van der Waals surface area contributed by atoms with Gasteiger partial charge < -0.3 is 9.47 Å². The molecule has 4 aromatic carbocycles. The van der Waals surface area contributed by atoms with Crippen LogP contribution in [0.1, 0.15) is 29.2 Å². The van der Waals surface area contributed by atoms with Crippen molar-refractivity contribution in [1.82, 2.24) is 0 Å². The topological polar surface area (TPSA) is 66.0 Å². The molecule has 0 unspecified atom stereocenters. The number of hydrogen-bond acceptors (Lipinski definition) is 4. The average molecular weight is 431 g/mol. The minimum Gasteiger partial charge on any atom is -0.490 e. The van der Waals surface area contributed by atoms with Crippen LogP contribution >= 0.6 is 0 Å². The molecule has 0 saturated carbocycles. The van der Waals surface area contributed by atoms with Crippen molar-refractivity contribution in [3.63, 3.8) is 0 Å². The number of nitrogens with zero attached hydrogens (tertiary/aromatic N) is 2. The van der Waals surface area contributed by atoms with Gasteiger partial charge in [-0.15, -0.1) is 0 Å². The lowest BCUT2D eigenvalue weighted by molar-refractivity contribution is 0.270. The van der Waals surface area contributed by atoms with Gasteiger partial charge in [0.25, 0.3) is 0 Å². The molecule has 0 atom stereocenters. The monoisotopic (exact) mass is 430 g/mol. The Morgan fingerprint density at radius 1 is 0.848 bits per heavy atom. The van der Waals surface area contributed by atoms with Gasteiger partial charge in [0.15, 0.2) is 11.5 Å². The molecule has 0 N–H and O–H groups in total. The highest BCUT2D eigenvalue weighted by Gasteiger charge is 2.09. The second-order valence-electron chi connectivity index (χ2n) is 7.43. The van der Waals surface area contributed by atoms with Gasteiger partial charge >= 0.3 is 0 Å². The van der Waals surface area contributed by atoms with Crippen molar-refractivity contribution in [3.05, 3.63) is 107 Å². The van der Waals surface area contributed by atoms with E-state index in [1.165, 1.54) is 10.8 Å². The van der Waals surface area contributed by atoms with Gasteiger partial charge in [0.05, 0.1) is 29.9 Å². The first-order chi connectivity index (χ1) is 16.2. The fourth-order valence-corrected chi connectivity index (χ4v) is 3.65. The Kier molecular flexibility index (Phi) is 6.69. The van der Waals surface area contributed by atoms with Gasteiger partial charge in [-0.3, -0.25) is 0 Å². The predicted octanol–water partition coefficient (Wildman–Crippen LogP) is 6.75. The Labute approximate surface area is 193 Å². The molecular weight excluding hydrogens is 408 g/mol. The number of fused-ring (bicyclic) bond motifs is 1. The molecule has 0 aliphatic rings. The fourth-order valence-electron chi connectivity index (χ4n) is 3.65. The Morgan fingerprint density at radius 3 is 2.39 bits per heavy atom. The van der Waals surface area contributed by atoms with Crippen LogP contribution in [0.15, 0.2) is 84.9 Å². The highest BCUT2D eigenvalue weighted by Crippen LogP contribution is 2.31. The average Bonchev–Trinajstić information content (AvgIpc) is 2.87. The van der Waals surface area contributed by atoms with Crippen LogP contribution in [0.4, 0.5) is 0 Å². The molecule has 0 saturated heterocycles. The summed E-state index contributed by atoms with van der Waals surface area (Å²) in [4.78, 5) is 0. The molecule has 0 fully saturated rings. The van der Waals surface area contributed by atoms with Crippen LogP contribution in [0.3, 0.4) is 0 Å². The van der Waals surface area contributed by atoms with E-state index in [1.807, 2.05) is 43.3 Å². The minimum atomic E-state index is 0.422. The molecule has 0 spiro atoms. The largest absolute Gasteiger partial charge is 0.490 e. The van der Waals surface area contributed by atoms with Crippen molar-refractivity contribution in [1.29, 1.82) is 10.5 Å². The molecule has 0 aliphatic heterocycles. The van der Waals surface area contributed by atoms with Crippen molar-refractivity contribution >= 4 is 22.4 Å². The number of rotatable bonds is 7. The first-order valence-electron chi connectivity index (χ1n) is 10.7. The molecule has 33 heavy (non-hydrogen) atoms. The summed E-state index contributed by atoms with van der Waals surface area (Å²) in [5.74, 6) is 1.28. The van der Waals surface area contributed by atoms with Gasteiger partial charge in [0.1, 0.15) is 6.61 Å². The second-order valence-corrected chi connectivity index (χ2v) is 7.43. The molecule has 4 aromatic rings. The molecule has 0 amide bonds. The van der Waals surface area contributed by atoms with Gasteiger partial charge in [-0.1, -0.05) is 60.7 Å². The highest BCUT2D eigenvalue weighted by molar-refractivity contribution is 5.90. The summed E-state index contributed by atoms with van der Waals surface area (Å²) in [6, 6.07) is 31.4. The molecule has 4 rings (SSSR count). The summed E-state index contributed by atoms with van der Waals surface area (Å²) < 4.78 is 12.0. The van der Waals surface area contributed by atoms with E-state index in [-0.39, 0.29) is 0 Å². The Balaban J connectivity index is 1.60. The fraction of sp³-hybridized carbons (Fsp3) is 0.103. The second kappa shape index (κ2) is 10.2. The summed E-state index contributed by atoms with van der Waals surface area (Å²) in [5, 5.41) is 21.0. The van der Waals surface area contributed by atoms with E-state index >= 15 is 0 Å². The van der Waals surface area contributed by atoms with E-state index in [1.54, 1.807) is 30.3 Å². The van der Waals surface area contributed by atoms with Crippen LogP contribution in [0.2, 0.25) is 0 Å². The van der Waals surface area contributed by atoms with Gasteiger partial charge in [-0.2, -0.15) is 10.5 Å². The van der Waals surface area contributed by atoms with Crippen molar-refractivity contribution < 1.29 is 9.47 Å². The lowest BCUT2D eigenvalue weighted by Crippen LogP contribution is -2.00. The maximum absolute atomic E-state index is 9.65. The Bertz CT molecular complexity index is 1380. The van der Waals surface area contributed by atoms with Crippen molar-refractivity contribution in [2.24, 2.45) is 0 Å². The van der Waals surface area contributed by atoms with E-state index in [9.17, 15) is 5.26 Å². The van der Waals surface area contributed by atoms with Crippen LogP contribution in [0.25, 0.3) is 22.4 Å². The van der Waals surface area contributed by atoms with Crippen molar-refractivity contribution in [2.75, 3.05) is 6.61 Å². The summed E-state index contributed by atoms with van der Waals surface area (Å²) in [7, 11) is 0. The number of benzene rings is 4. The van der Waals surface area contributed by atoms with E-state index in [0.717, 1.165) is 16.7 Å². The summed E-state index contributed by atoms with van der Waals surface area (Å²) in [5.41, 5.74) is 3.75. The van der Waals surface area contributed by atoms with E-state index < -0.39 is 0 Å². The summed E-state index contributed by atoms with van der Waals surface area (Å²) in [6.45, 7) is 2.85. The molecular formula is C29H22N2O2. The molecule has 160 valence electrons. The van der Waals surface area contributed by atoms with Crippen LogP contribution in [-0.4, -0.2) is 6.61 Å². The number of ether oxygens (including phenoxy) is 2. The predicted molar refractivity (Wildman–Crippen MR) is 131 cm³/mol. The van der Waals surface area contributed by atoms with Crippen molar-refractivity contribution in [3.8, 4) is 23.6 Å².